The summed E-state index contributed by atoms with van der Waals surface area (Å²) in [5.74, 6) is 0. The van der Waals surface area contributed by atoms with E-state index in [9.17, 15) is 0 Å². The van der Waals surface area contributed by atoms with Crippen LogP contribution in [0.25, 0.3) is 6.08 Å². The highest BCUT2D eigenvalue weighted by molar-refractivity contribution is 5.50. The van der Waals surface area contributed by atoms with Gasteiger partial charge in [-0.3, -0.25) is 0 Å². The minimum absolute atomic E-state index is 0.986. The summed E-state index contributed by atoms with van der Waals surface area (Å²) in [6.07, 6.45) is 11.6. The lowest BCUT2D eigenvalue weighted by molar-refractivity contribution is 1.12. The van der Waals surface area contributed by atoms with Crippen LogP contribution in [-0.2, 0) is 0 Å². The van der Waals surface area contributed by atoms with E-state index in [1.807, 2.05) is 12.1 Å². The van der Waals surface area contributed by atoms with Gasteiger partial charge >= 0.3 is 0 Å². The van der Waals surface area contributed by atoms with Crippen LogP contribution in [0.3, 0.4) is 0 Å². The number of rotatable bonds is 0. The lowest BCUT2D eigenvalue weighted by Crippen LogP contribution is -2.23. The van der Waals surface area contributed by atoms with Crippen molar-refractivity contribution >= 4 is 6.08 Å². The molecule has 0 N–H and O–H groups in total. The summed E-state index contributed by atoms with van der Waals surface area (Å²) in [4.78, 5) is 4.67. The van der Waals surface area contributed by atoms with E-state index in [2.05, 4.69) is 47.5 Å². The van der Waals surface area contributed by atoms with Gasteiger partial charge in [-0.2, -0.15) is 0 Å². The van der Waals surface area contributed by atoms with Gasteiger partial charge in [-0.05, 0) is 24.1 Å². The molecule has 0 atom stereocenters. The van der Waals surface area contributed by atoms with Gasteiger partial charge in [0.15, 0.2) is 0 Å². The standard InChI is InChI=1S/C14H11N/c1-3-7-13-11(5-1)9-10-12-6-2-4-8-14(12)15-13/h1-5,7-10H,6H2. The van der Waals surface area contributed by atoms with E-state index in [1.54, 1.807) is 0 Å². The Morgan fingerprint density at radius 1 is 1.00 bits per heavy atom. The van der Waals surface area contributed by atoms with Gasteiger partial charge in [0, 0.05) is 5.22 Å². The predicted octanol–water partition coefficient (Wildman–Crippen LogP) is 1.87. The number of nitrogens with zero attached hydrogens (tertiary/aromatic N) is 1. The highest BCUT2D eigenvalue weighted by atomic mass is 14.7. The van der Waals surface area contributed by atoms with Crippen LogP contribution in [0.15, 0.2) is 64.8 Å². The van der Waals surface area contributed by atoms with Gasteiger partial charge in [0.25, 0.3) is 0 Å². The van der Waals surface area contributed by atoms with Crippen molar-refractivity contribution in [3.05, 3.63) is 70.4 Å². The van der Waals surface area contributed by atoms with Crippen molar-refractivity contribution in [3.8, 4) is 0 Å². The molecule has 0 amide bonds. The van der Waals surface area contributed by atoms with E-state index in [0.717, 1.165) is 17.5 Å². The van der Waals surface area contributed by atoms with Crippen molar-refractivity contribution in [2.24, 2.45) is 4.99 Å². The summed E-state index contributed by atoms with van der Waals surface area (Å²) in [6.45, 7) is 0. The molecule has 0 bridgehead atoms. The largest absolute Gasteiger partial charge is 0.248 e. The fraction of sp³-hybridized carbons (Fsp3) is 0.0714. The summed E-state index contributed by atoms with van der Waals surface area (Å²) >= 11 is 0. The molecule has 1 aliphatic carbocycles. The second-order valence-corrected chi connectivity index (χ2v) is 3.71. The second-order valence-electron chi connectivity index (χ2n) is 3.71. The molecule has 1 nitrogen and oxygen atoms in total. The van der Waals surface area contributed by atoms with Gasteiger partial charge in [0.2, 0.25) is 0 Å². The smallest absolute Gasteiger partial charge is 0.0709 e. The quantitative estimate of drug-likeness (QED) is 0.596. The number of benzene rings is 1. The Hall–Kier alpha value is -1.89. The molecule has 0 radical (unpaired) electrons. The summed E-state index contributed by atoms with van der Waals surface area (Å²) < 4.78 is 0. The van der Waals surface area contributed by atoms with E-state index >= 15 is 0 Å². The summed E-state index contributed by atoms with van der Waals surface area (Å²) in [7, 11) is 0. The van der Waals surface area contributed by atoms with E-state index in [1.165, 1.54) is 10.8 Å². The fourth-order valence-corrected chi connectivity index (χ4v) is 1.88. The van der Waals surface area contributed by atoms with Gasteiger partial charge in [-0.15, -0.1) is 0 Å². The number of hydrogen-bond acceptors (Lipinski definition) is 1. The first-order chi connectivity index (χ1) is 7.43. The zero-order chi connectivity index (χ0) is 10.1. The zero-order valence-corrected chi connectivity index (χ0v) is 8.35. The van der Waals surface area contributed by atoms with Crippen molar-refractivity contribution in [1.82, 2.24) is 0 Å². The summed E-state index contributed by atoms with van der Waals surface area (Å²) in [5, 5.41) is 2.26. The van der Waals surface area contributed by atoms with Crippen LogP contribution in [0.2, 0.25) is 0 Å². The molecule has 3 rings (SSSR count). The van der Waals surface area contributed by atoms with Gasteiger partial charge in [0.05, 0.1) is 11.1 Å². The molecule has 1 aliphatic heterocycles. The minimum Gasteiger partial charge on any atom is -0.248 e. The van der Waals surface area contributed by atoms with Crippen LogP contribution >= 0.6 is 0 Å². The Morgan fingerprint density at radius 3 is 2.93 bits per heavy atom. The highest BCUT2D eigenvalue weighted by Gasteiger charge is 2.06. The van der Waals surface area contributed by atoms with Crippen molar-refractivity contribution in [3.63, 3.8) is 0 Å². The third-order valence-electron chi connectivity index (χ3n) is 2.70. The number of para-hydroxylation sites is 1. The molecule has 2 aliphatic rings. The molecular weight excluding hydrogens is 182 g/mol. The Bertz CT molecular complexity index is 600. The molecule has 0 saturated heterocycles. The molecule has 15 heavy (non-hydrogen) atoms. The summed E-state index contributed by atoms with van der Waals surface area (Å²) in [6, 6.07) is 8.23. The highest BCUT2D eigenvalue weighted by Crippen LogP contribution is 2.20. The predicted molar refractivity (Wildman–Crippen MR) is 61.6 cm³/mol. The van der Waals surface area contributed by atoms with E-state index in [0.29, 0.717) is 0 Å². The molecule has 0 spiro atoms. The van der Waals surface area contributed by atoms with Crippen LogP contribution < -0.4 is 10.6 Å². The molecule has 1 aromatic carbocycles. The van der Waals surface area contributed by atoms with Crippen molar-refractivity contribution in [2.75, 3.05) is 0 Å². The minimum atomic E-state index is 0.986. The molecular formula is C14H11N. The first kappa shape index (κ1) is 8.42. The molecule has 0 fully saturated rings. The second kappa shape index (κ2) is 3.35. The van der Waals surface area contributed by atoms with Crippen molar-refractivity contribution in [2.45, 2.75) is 6.42 Å². The average Bonchev–Trinajstić information content (AvgIpc) is 2.48. The van der Waals surface area contributed by atoms with Crippen LogP contribution in [0.5, 0.6) is 0 Å². The SMILES string of the molecule is C1=CCC2=CC=c3ccccc3=NC2=C1. The lowest BCUT2D eigenvalue weighted by Gasteiger charge is -2.06. The summed E-state index contributed by atoms with van der Waals surface area (Å²) in [5.41, 5.74) is 2.40. The van der Waals surface area contributed by atoms with Crippen molar-refractivity contribution < 1.29 is 0 Å². The van der Waals surface area contributed by atoms with Gasteiger partial charge in [0.1, 0.15) is 0 Å². The molecule has 1 aromatic rings. The van der Waals surface area contributed by atoms with E-state index < -0.39 is 0 Å². The molecule has 1 heteroatoms. The van der Waals surface area contributed by atoms with Gasteiger partial charge in [-0.25, -0.2) is 4.99 Å². The zero-order valence-electron chi connectivity index (χ0n) is 8.35. The van der Waals surface area contributed by atoms with Crippen LogP contribution in [0.1, 0.15) is 6.42 Å². The van der Waals surface area contributed by atoms with Gasteiger partial charge in [-0.1, -0.05) is 42.5 Å². The average molecular weight is 193 g/mol. The molecule has 0 saturated carbocycles. The first-order valence-corrected chi connectivity index (χ1v) is 5.15. The Kier molecular flexibility index (Phi) is 1.88. The number of hydrogen-bond donors (Lipinski definition) is 0. The number of allylic oxidation sites excluding steroid dienone is 5. The maximum absolute atomic E-state index is 4.67. The molecule has 0 aromatic heterocycles. The van der Waals surface area contributed by atoms with Gasteiger partial charge < -0.3 is 0 Å². The van der Waals surface area contributed by atoms with E-state index in [4.69, 9.17) is 0 Å². The first-order valence-electron chi connectivity index (χ1n) is 5.15. The Morgan fingerprint density at radius 2 is 1.93 bits per heavy atom. The molecule has 0 unspecified atom stereocenters. The number of fused-ring (bicyclic) bond motifs is 2. The van der Waals surface area contributed by atoms with Crippen LogP contribution in [-0.4, -0.2) is 0 Å². The maximum Gasteiger partial charge on any atom is 0.0709 e. The maximum atomic E-state index is 4.67. The van der Waals surface area contributed by atoms with Crippen molar-refractivity contribution in [1.29, 1.82) is 0 Å². The normalized spacial score (nSPS) is 17.3. The van der Waals surface area contributed by atoms with Crippen LogP contribution in [0, 0.1) is 0 Å². The topological polar surface area (TPSA) is 12.4 Å². The Balaban J connectivity index is 2.32. The third kappa shape index (κ3) is 1.46. The van der Waals surface area contributed by atoms with E-state index in [-0.39, 0.29) is 0 Å². The Labute approximate surface area is 88.5 Å². The fourth-order valence-electron chi connectivity index (χ4n) is 1.88. The third-order valence-corrected chi connectivity index (χ3v) is 2.70. The monoisotopic (exact) mass is 193 g/mol. The lowest BCUT2D eigenvalue weighted by atomic mass is 10.0. The molecule has 1 heterocycles. The van der Waals surface area contributed by atoms with Crippen LogP contribution in [0.4, 0.5) is 0 Å². The molecule has 72 valence electrons.